The van der Waals surface area contributed by atoms with Crippen molar-refractivity contribution in [2.24, 2.45) is 0 Å². The lowest BCUT2D eigenvalue weighted by Crippen LogP contribution is -2.11. The summed E-state index contributed by atoms with van der Waals surface area (Å²) in [5.41, 5.74) is 7.64. The van der Waals surface area contributed by atoms with Gasteiger partial charge in [0.2, 0.25) is 0 Å². The van der Waals surface area contributed by atoms with Crippen LogP contribution in [0.15, 0.2) is 67.1 Å². The van der Waals surface area contributed by atoms with Gasteiger partial charge in [-0.25, -0.2) is 0 Å². The van der Waals surface area contributed by atoms with Gasteiger partial charge in [0, 0.05) is 47.0 Å². The molecule has 34 heavy (non-hydrogen) atoms. The summed E-state index contributed by atoms with van der Waals surface area (Å²) in [5, 5.41) is 12.8. The Morgan fingerprint density at radius 3 is 2.71 bits per heavy atom. The van der Waals surface area contributed by atoms with Crippen LogP contribution in [0.25, 0.3) is 54.9 Å². The predicted octanol–water partition coefficient (Wildman–Crippen LogP) is 6.15. The van der Waals surface area contributed by atoms with Crippen LogP contribution >= 0.6 is 11.3 Å². The molecule has 6 rings (SSSR count). The Bertz CT molecular complexity index is 1630. The number of nitrogens with zero attached hydrogens (tertiary/aromatic N) is 3. The monoisotopic (exact) mass is 468 g/mol. The minimum atomic E-state index is -0.223. The Hall–Kier alpha value is -3.88. The zero-order chi connectivity index (χ0) is 23.1. The van der Waals surface area contributed by atoms with Crippen LogP contribution in [0.1, 0.15) is 12.5 Å². The van der Waals surface area contributed by atoms with Crippen molar-refractivity contribution in [1.82, 2.24) is 30.5 Å². The number of nitrogens with one attached hydrogen (secondary N) is 3. The van der Waals surface area contributed by atoms with Crippen molar-refractivity contribution in [3.8, 4) is 33.1 Å². The number of aromatic nitrogens is 5. The fraction of sp³-hybridized carbons (Fsp3) is 0.115. The van der Waals surface area contributed by atoms with Crippen molar-refractivity contribution in [3.05, 3.63) is 77.8 Å². The molecule has 1 aromatic carbocycles. The van der Waals surface area contributed by atoms with Gasteiger partial charge in [-0.2, -0.15) is 9.49 Å². The van der Waals surface area contributed by atoms with Crippen molar-refractivity contribution in [2.45, 2.75) is 13.5 Å². The van der Waals surface area contributed by atoms with E-state index < -0.39 is 0 Å². The molecule has 8 heteroatoms. The minimum absolute atomic E-state index is 0.223. The van der Waals surface area contributed by atoms with E-state index in [0.717, 1.165) is 84.9 Å². The van der Waals surface area contributed by atoms with E-state index in [0.29, 0.717) is 0 Å². The highest BCUT2D eigenvalue weighted by molar-refractivity contribution is 7.13. The normalized spacial score (nSPS) is 11.6. The molecule has 0 saturated heterocycles. The standard InChI is InChI=1S/C26H21FN6S/c1-2-28-12-15-9-17(14-29-13-15)16-3-4-21-18(10-16)25(33-32-21)22-11-19-20(31-22)7-8-30-26(19)23-5-6-24(27)34-23/h3-11,13-14,28,31H,2,12H2,1H3,(H,32,33). The third kappa shape index (κ3) is 3.67. The van der Waals surface area contributed by atoms with Gasteiger partial charge < -0.3 is 10.3 Å². The van der Waals surface area contributed by atoms with E-state index in [9.17, 15) is 4.39 Å². The zero-order valence-corrected chi connectivity index (χ0v) is 19.2. The van der Waals surface area contributed by atoms with Crippen LogP contribution in [0.4, 0.5) is 4.39 Å². The highest BCUT2D eigenvalue weighted by Gasteiger charge is 2.16. The summed E-state index contributed by atoms with van der Waals surface area (Å²) in [6.07, 6.45) is 5.52. The molecule has 168 valence electrons. The molecule has 0 aliphatic heterocycles. The van der Waals surface area contributed by atoms with Gasteiger partial charge in [0.15, 0.2) is 5.13 Å². The van der Waals surface area contributed by atoms with Crippen molar-refractivity contribution >= 4 is 33.1 Å². The second kappa shape index (κ2) is 8.48. The number of benzene rings is 1. The van der Waals surface area contributed by atoms with Crippen LogP contribution in [0.2, 0.25) is 0 Å². The van der Waals surface area contributed by atoms with Gasteiger partial charge in [-0.1, -0.05) is 13.0 Å². The molecule has 0 saturated carbocycles. The summed E-state index contributed by atoms with van der Waals surface area (Å²) in [4.78, 5) is 13.2. The summed E-state index contributed by atoms with van der Waals surface area (Å²) in [5.74, 6) is 0. The predicted molar refractivity (Wildman–Crippen MR) is 135 cm³/mol. The highest BCUT2D eigenvalue weighted by Crippen LogP contribution is 2.36. The molecular formula is C26H21FN6S. The lowest BCUT2D eigenvalue weighted by atomic mass is 10.0. The molecule has 0 unspecified atom stereocenters. The molecular weight excluding hydrogens is 447 g/mol. The van der Waals surface area contributed by atoms with Crippen molar-refractivity contribution in [2.75, 3.05) is 6.54 Å². The van der Waals surface area contributed by atoms with Crippen molar-refractivity contribution < 1.29 is 4.39 Å². The largest absolute Gasteiger partial charge is 0.353 e. The Morgan fingerprint density at radius 2 is 1.85 bits per heavy atom. The number of pyridine rings is 2. The third-order valence-corrected chi connectivity index (χ3v) is 6.76. The number of aromatic amines is 2. The van der Waals surface area contributed by atoms with Crippen LogP contribution in [0, 0.1) is 5.13 Å². The number of rotatable bonds is 6. The van der Waals surface area contributed by atoms with Crippen molar-refractivity contribution in [1.29, 1.82) is 0 Å². The summed E-state index contributed by atoms with van der Waals surface area (Å²) >= 11 is 1.10. The molecule has 0 fully saturated rings. The maximum Gasteiger partial charge on any atom is 0.177 e. The zero-order valence-electron chi connectivity index (χ0n) is 18.4. The molecule has 6 aromatic rings. The van der Waals surface area contributed by atoms with Gasteiger partial charge in [0.05, 0.1) is 21.8 Å². The second-order valence-electron chi connectivity index (χ2n) is 8.10. The van der Waals surface area contributed by atoms with E-state index in [1.807, 2.05) is 30.6 Å². The maximum absolute atomic E-state index is 13.6. The molecule has 0 radical (unpaired) electrons. The van der Waals surface area contributed by atoms with Gasteiger partial charge in [-0.3, -0.25) is 15.1 Å². The quantitative estimate of drug-likeness (QED) is 0.274. The first-order valence-corrected chi connectivity index (χ1v) is 11.9. The Morgan fingerprint density at radius 1 is 0.941 bits per heavy atom. The van der Waals surface area contributed by atoms with Crippen LogP contribution in [0.3, 0.4) is 0 Å². The lowest BCUT2D eigenvalue weighted by Gasteiger charge is -2.06. The number of thiophene rings is 1. The first-order chi connectivity index (χ1) is 16.7. The molecule has 6 nitrogen and oxygen atoms in total. The first kappa shape index (κ1) is 20.7. The lowest BCUT2D eigenvalue weighted by molar-refractivity contribution is 0.657. The van der Waals surface area contributed by atoms with Gasteiger partial charge in [0.25, 0.3) is 0 Å². The molecule has 0 spiro atoms. The number of H-pyrrole nitrogens is 2. The van der Waals surface area contributed by atoms with Gasteiger partial charge in [-0.05, 0) is 60.1 Å². The van der Waals surface area contributed by atoms with E-state index in [4.69, 9.17) is 0 Å². The Labute approximate surface area is 198 Å². The van der Waals surface area contributed by atoms with Crippen LogP contribution in [0.5, 0.6) is 0 Å². The SMILES string of the molecule is CCNCc1cncc(-c2ccc3[nH]nc(-c4cc5c(-c6ccc(F)s6)nccc5[nH]4)c3c2)c1. The van der Waals surface area contributed by atoms with E-state index in [2.05, 4.69) is 55.6 Å². The number of fused-ring (bicyclic) bond motifs is 2. The van der Waals surface area contributed by atoms with Crippen molar-refractivity contribution in [3.63, 3.8) is 0 Å². The summed E-state index contributed by atoms with van der Waals surface area (Å²) in [6.45, 7) is 3.79. The molecule has 0 aliphatic carbocycles. The molecule has 5 heterocycles. The number of halogens is 1. The second-order valence-corrected chi connectivity index (χ2v) is 9.14. The van der Waals surface area contributed by atoms with Crippen LogP contribution in [-0.4, -0.2) is 31.7 Å². The minimum Gasteiger partial charge on any atom is -0.353 e. The van der Waals surface area contributed by atoms with E-state index in [1.54, 1.807) is 12.3 Å². The Balaban J connectivity index is 1.44. The molecule has 0 amide bonds. The summed E-state index contributed by atoms with van der Waals surface area (Å²) < 4.78 is 13.6. The number of hydrogen-bond acceptors (Lipinski definition) is 5. The molecule has 0 aliphatic rings. The van der Waals surface area contributed by atoms with Gasteiger partial charge in [-0.15, -0.1) is 11.3 Å². The first-order valence-electron chi connectivity index (χ1n) is 11.1. The third-order valence-electron chi connectivity index (χ3n) is 5.88. The molecule has 0 bridgehead atoms. The van der Waals surface area contributed by atoms with Crippen LogP contribution < -0.4 is 5.32 Å². The van der Waals surface area contributed by atoms with Gasteiger partial charge in [0.1, 0.15) is 5.69 Å². The van der Waals surface area contributed by atoms with Crippen LogP contribution in [-0.2, 0) is 6.54 Å². The maximum atomic E-state index is 13.6. The van der Waals surface area contributed by atoms with E-state index in [-0.39, 0.29) is 5.13 Å². The fourth-order valence-electron chi connectivity index (χ4n) is 4.23. The number of hydrogen-bond donors (Lipinski definition) is 3. The fourth-order valence-corrected chi connectivity index (χ4v) is 4.97. The Kier molecular flexibility index (Phi) is 5.16. The van der Waals surface area contributed by atoms with E-state index >= 15 is 0 Å². The molecule has 3 N–H and O–H groups in total. The molecule has 0 atom stereocenters. The van der Waals surface area contributed by atoms with E-state index in [1.165, 1.54) is 6.07 Å². The topological polar surface area (TPSA) is 82.3 Å². The highest BCUT2D eigenvalue weighted by atomic mass is 32.1. The molecule has 5 aromatic heterocycles. The van der Waals surface area contributed by atoms with Gasteiger partial charge >= 0.3 is 0 Å². The average Bonchev–Trinajstić information content (AvgIpc) is 3.59. The average molecular weight is 469 g/mol. The summed E-state index contributed by atoms with van der Waals surface area (Å²) in [7, 11) is 0. The smallest absolute Gasteiger partial charge is 0.177 e. The summed E-state index contributed by atoms with van der Waals surface area (Å²) in [6, 6.07) is 15.6.